The van der Waals surface area contributed by atoms with Crippen LogP contribution in [0.15, 0.2) is 95.5 Å². The average Bonchev–Trinajstić information content (AvgIpc) is 3.35. The van der Waals surface area contributed by atoms with Gasteiger partial charge in [0.25, 0.3) is 5.91 Å². The number of nitrogens with zero attached hydrogens (tertiary/aromatic N) is 2. The first-order valence-electron chi connectivity index (χ1n) is 11.1. The van der Waals surface area contributed by atoms with Gasteiger partial charge >= 0.3 is 6.03 Å². The van der Waals surface area contributed by atoms with Crippen LogP contribution >= 0.6 is 0 Å². The number of fused-ring (bicyclic) bond motifs is 1. The highest BCUT2D eigenvalue weighted by Crippen LogP contribution is 2.26. The van der Waals surface area contributed by atoms with Crippen LogP contribution in [0.5, 0.6) is 11.5 Å². The van der Waals surface area contributed by atoms with E-state index in [1.54, 1.807) is 55.6 Å². The van der Waals surface area contributed by atoms with Crippen molar-refractivity contribution in [2.45, 2.75) is 0 Å². The van der Waals surface area contributed by atoms with Gasteiger partial charge < -0.3 is 25.1 Å². The van der Waals surface area contributed by atoms with Gasteiger partial charge in [-0.25, -0.2) is 14.8 Å². The Morgan fingerprint density at radius 1 is 0.806 bits per heavy atom. The standard InChI is InChI=1S/C27H21N5O4/c1-28-25(33)23-15-14-21(16-29-23)35-20-12-10-19(11-13-20)31-27(34)30-18-8-6-17(7-9-18)26-32-22-4-2-3-5-24(22)36-26/h2-16H,1H3,(H,28,33)(H2,30,31,34). The van der Waals surface area contributed by atoms with Crippen LogP contribution in [0.1, 0.15) is 10.5 Å². The third-order valence-corrected chi connectivity index (χ3v) is 5.23. The molecule has 0 unspecified atom stereocenters. The zero-order valence-corrected chi connectivity index (χ0v) is 19.2. The summed E-state index contributed by atoms with van der Waals surface area (Å²) in [6, 6.07) is 24.5. The minimum atomic E-state index is -0.382. The Bertz CT molecular complexity index is 1480. The molecule has 0 saturated heterocycles. The van der Waals surface area contributed by atoms with Crippen LogP contribution < -0.4 is 20.7 Å². The van der Waals surface area contributed by atoms with E-state index < -0.39 is 0 Å². The lowest BCUT2D eigenvalue weighted by molar-refractivity contribution is 0.0958. The molecule has 0 spiro atoms. The highest BCUT2D eigenvalue weighted by atomic mass is 16.5. The molecule has 0 bridgehead atoms. The van der Waals surface area contributed by atoms with Gasteiger partial charge in [-0.1, -0.05) is 12.1 Å². The maximum Gasteiger partial charge on any atom is 0.323 e. The second-order valence-corrected chi connectivity index (χ2v) is 7.73. The zero-order chi connectivity index (χ0) is 24.9. The Morgan fingerprint density at radius 3 is 2.11 bits per heavy atom. The van der Waals surface area contributed by atoms with Gasteiger partial charge in [-0.3, -0.25) is 4.79 Å². The number of carbonyl (C=O) groups is 2. The third kappa shape index (κ3) is 5.15. The van der Waals surface area contributed by atoms with E-state index in [0.29, 0.717) is 34.5 Å². The maximum atomic E-state index is 12.4. The summed E-state index contributed by atoms with van der Waals surface area (Å²) >= 11 is 0. The minimum Gasteiger partial charge on any atom is -0.456 e. The fourth-order valence-electron chi connectivity index (χ4n) is 3.43. The van der Waals surface area contributed by atoms with E-state index in [4.69, 9.17) is 9.15 Å². The van der Waals surface area contributed by atoms with Gasteiger partial charge in [0.15, 0.2) is 5.58 Å². The Hall–Kier alpha value is -5.18. The number of hydrogen-bond donors (Lipinski definition) is 3. The molecule has 0 aliphatic rings. The Kier molecular flexibility index (Phi) is 6.27. The van der Waals surface area contributed by atoms with Crippen LogP contribution in [0.25, 0.3) is 22.6 Å². The molecule has 5 rings (SSSR count). The fraction of sp³-hybridized carbons (Fsp3) is 0.0370. The smallest absolute Gasteiger partial charge is 0.323 e. The number of hydrogen-bond acceptors (Lipinski definition) is 6. The number of rotatable bonds is 6. The molecule has 2 aromatic heterocycles. The summed E-state index contributed by atoms with van der Waals surface area (Å²) in [6.07, 6.45) is 1.47. The number of oxazole rings is 1. The molecule has 0 radical (unpaired) electrons. The molecule has 0 fully saturated rings. The van der Waals surface area contributed by atoms with Gasteiger partial charge in [-0.05, 0) is 72.8 Å². The highest BCUT2D eigenvalue weighted by molar-refractivity contribution is 5.99. The predicted molar refractivity (Wildman–Crippen MR) is 136 cm³/mol. The van der Waals surface area contributed by atoms with Crippen molar-refractivity contribution in [1.29, 1.82) is 0 Å². The summed E-state index contributed by atoms with van der Waals surface area (Å²) < 4.78 is 11.5. The van der Waals surface area contributed by atoms with Crippen LogP contribution in [-0.2, 0) is 0 Å². The monoisotopic (exact) mass is 479 g/mol. The van der Waals surface area contributed by atoms with E-state index >= 15 is 0 Å². The van der Waals surface area contributed by atoms with E-state index in [2.05, 4.69) is 25.9 Å². The lowest BCUT2D eigenvalue weighted by Crippen LogP contribution is -2.19. The number of benzene rings is 3. The van der Waals surface area contributed by atoms with E-state index in [1.807, 2.05) is 36.4 Å². The Balaban J connectivity index is 1.16. The van der Waals surface area contributed by atoms with Crippen LogP contribution in [0.4, 0.5) is 16.2 Å². The first-order valence-corrected chi connectivity index (χ1v) is 11.1. The summed E-state index contributed by atoms with van der Waals surface area (Å²) in [7, 11) is 1.54. The van der Waals surface area contributed by atoms with Gasteiger partial charge in [0, 0.05) is 24.0 Å². The van der Waals surface area contributed by atoms with Crippen LogP contribution in [0, 0.1) is 0 Å². The molecule has 0 aliphatic carbocycles. The number of carbonyl (C=O) groups excluding carboxylic acids is 2. The summed E-state index contributed by atoms with van der Waals surface area (Å²) in [4.78, 5) is 32.5. The van der Waals surface area contributed by atoms with Gasteiger partial charge in [0.2, 0.25) is 5.89 Å². The fourth-order valence-corrected chi connectivity index (χ4v) is 3.43. The lowest BCUT2D eigenvalue weighted by Gasteiger charge is -2.10. The number of aromatic nitrogens is 2. The topological polar surface area (TPSA) is 118 Å². The van der Waals surface area contributed by atoms with E-state index in [9.17, 15) is 9.59 Å². The van der Waals surface area contributed by atoms with Crippen molar-refractivity contribution >= 4 is 34.4 Å². The molecule has 0 saturated carbocycles. The largest absolute Gasteiger partial charge is 0.456 e. The Morgan fingerprint density at radius 2 is 1.47 bits per heavy atom. The zero-order valence-electron chi connectivity index (χ0n) is 19.2. The molecule has 0 atom stereocenters. The molecule has 36 heavy (non-hydrogen) atoms. The van der Waals surface area contributed by atoms with Gasteiger partial charge in [-0.2, -0.15) is 0 Å². The number of nitrogens with one attached hydrogen (secondary N) is 3. The molecule has 9 nitrogen and oxygen atoms in total. The quantitative estimate of drug-likeness (QED) is 0.288. The molecular formula is C27H21N5O4. The molecule has 3 aromatic carbocycles. The summed E-state index contributed by atoms with van der Waals surface area (Å²) in [6.45, 7) is 0. The molecule has 9 heteroatoms. The van der Waals surface area contributed by atoms with Gasteiger partial charge in [0.1, 0.15) is 22.7 Å². The second kappa shape index (κ2) is 9.98. The Labute approximate surface area is 206 Å². The van der Waals surface area contributed by atoms with Gasteiger partial charge in [0.05, 0.1) is 6.20 Å². The van der Waals surface area contributed by atoms with Crippen LogP contribution in [-0.4, -0.2) is 29.0 Å². The molecule has 2 heterocycles. The van der Waals surface area contributed by atoms with Crippen molar-refractivity contribution in [3.05, 3.63) is 96.8 Å². The summed E-state index contributed by atoms with van der Waals surface area (Å²) in [5, 5.41) is 8.09. The number of para-hydroxylation sites is 2. The van der Waals surface area contributed by atoms with Crippen LogP contribution in [0.3, 0.4) is 0 Å². The van der Waals surface area contributed by atoms with Crippen molar-refractivity contribution in [1.82, 2.24) is 15.3 Å². The highest BCUT2D eigenvalue weighted by Gasteiger charge is 2.09. The molecule has 3 amide bonds. The van der Waals surface area contributed by atoms with Crippen LogP contribution in [0.2, 0.25) is 0 Å². The first-order chi connectivity index (χ1) is 17.6. The van der Waals surface area contributed by atoms with Gasteiger partial charge in [-0.15, -0.1) is 0 Å². The van der Waals surface area contributed by atoms with E-state index in [0.717, 1.165) is 16.7 Å². The number of anilines is 2. The molecule has 3 N–H and O–H groups in total. The van der Waals surface area contributed by atoms with Crippen molar-refractivity contribution < 1.29 is 18.7 Å². The molecule has 5 aromatic rings. The summed E-state index contributed by atoms with van der Waals surface area (Å²) in [5.41, 5.74) is 3.85. The number of urea groups is 1. The van der Waals surface area contributed by atoms with Crippen molar-refractivity contribution in [2.24, 2.45) is 0 Å². The average molecular weight is 479 g/mol. The van der Waals surface area contributed by atoms with E-state index in [1.165, 1.54) is 6.20 Å². The van der Waals surface area contributed by atoms with Crippen molar-refractivity contribution in [3.63, 3.8) is 0 Å². The third-order valence-electron chi connectivity index (χ3n) is 5.23. The molecular weight excluding hydrogens is 458 g/mol. The first kappa shape index (κ1) is 22.6. The van der Waals surface area contributed by atoms with E-state index in [-0.39, 0.29) is 11.9 Å². The summed E-state index contributed by atoms with van der Waals surface area (Å²) in [5.74, 6) is 1.30. The SMILES string of the molecule is CNC(=O)c1ccc(Oc2ccc(NC(=O)Nc3ccc(-c4nc5ccccc5o4)cc3)cc2)cn1. The van der Waals surface area contributed by atoms with Crippen molar-refractivity contribution in [2.75, 3.05) is 17.7 Å². The molecule has 0 aliphatic heterocycles. The number of ether oxygens (including phenoxy) is 1. The number of pyridine rings is 1. The maximum absolute atomic E-state index is 12.4. The molecule has 178 valence electrons. The lowest BCUT2D eigenvalue weighted by atomic mass is 10.2. The second-order valence-electron chi connectivity index (χ2n) is 7.73. The minimum absolute atomic E-state index is 0.269. The normalized spacial score (nSPS) is 10.6. The van der Waals surface area contributed by atoms with Crippen molar-refractivity contribution in [3.8, 4) is 23.0 Å². The number of amides is 3. The predicted octanol–water partition coefficient (Wildman–Crippen LogP) is 5.69.